The summed E-state index contributed by atoms with van der Waals surface area (Å²) in [6.45, 7) is 3.65. The minimum Gasteiger partial charge on any atom is -0.481 e. The number of aromatic amines is 1. The number of H-pyrrole nitrogens is 1. The van der Waals surface area contributed by atoms with Gasteiger partial charge in [0.25, 0.3) is 5.91 Å². The number of amides is 1. The first-order valence-corrected chi connectivity index (χ1v) is 11.0. The number of ether oxygens (including phenoxy) is 1. The molecule has 8 heteroatoms. The molecule has 1 heterocycles. The van der Waals surface area contributed by atoms with Gasteiger partial charge in [0.15, 0.2) is 0 Å². The van der Waals surface area contributed by atoms with E-state index in [9.17, 15) is 18.4 Å². The van der Waals surface area contributed by atoms with Crippen LogP contribution >= 0.6 is 0 Å². The number of benzene rings is 3. The van der Waals surface area contributed by atoms with E-state index in [0.29, 0.717) is 39.9 Å². The second kappa shape index (κ2) is 9.97. The van der Waals surface area contributed by atoms with Crippen LogP contribution in [0.4, 0.5) is 8.78 Å². The molecule has 0 spiro atoms. The molecule has 3 N–H and O–H groups in total. The molecule has 0 saturated heterocycles. The Morgan fingerprint density at radius 1 is 0.971 bits per heavy atom. The molecule has 180 valence electrons. The van der Waals surface area contributed by atoms with Gasteiger partial charge in [-0.15, -0.1) is 0 Å². The van der Waals surface area contributed by atoms with Gasteiger partial charge >= 0.3 is 5.97 Å². The minimum absolute atomic E-state index is 0.0367. The Morgan fingerprint density at radius 2 is 1.77 bits per heavy atom. The Bertz CT molecular complexity index is 1430. The third-order valence-electron chi connectivity index (χ3n) is 5.79. The first-order valence-electron chi connectivity index (χ1n) is 11.0. The molecule has 1 amide bonds. The number of carboxylic acid groups (broad SMARTS) is 1. The van der Waals surface area contributed by atoms with Crippen molar-refractivity contribution in [3.05, 3.63) is 94.2 Å². The lowest BCUT2D eigenvalue weighted by Gasteiger charge is -2.11. The third kappa shape index (κ3) is 5.66. The molecular formula is C27H24F2N2O4. The van der Waals surface area contributed by atoms with Gasteiger partial charge in [-0.1, -0.05) is 6.07 Å². The van der Waals surface area contributed by atoms with Gasteiger partial charge in [-0.2, -0.15) is 0 Å². The lowest BCUT2D eigenvalue weighted by Crippen LogP contribution is -2.23. The normalized spacial score (nSPS) is 11.0. The molecule has 0 aliphatic heterocycles. The molecular weight excluding hydrogens is 454 g/mol. The molecule has 0 aliphatic carbocycles. The van der Waals surface area contributed by atoms with E-state index in [4.69, 9.17) is 9.84 Å². The fraction of sp³-hybridized carbons (Fsp3) is 0.185. The molecule has 0 saturated carbocycles. The fourth-order valence-electron chi connectivity index (χ4n) is 3.97. The fourth-order valence-corrected chi connectivity index (χ4v) is 3.97. The van der Waals surface area contributed by atoms with Gasteiger partial charge in [-0.25, -0.2) is 8.78 Å². The van der Waals surface area contributed by atoms with E-state index in [1.807, 2.05) is 6.92 Å². The average molecular weight is 478 g/mol. The molecule has 6 nitrogen and oxygen atoms in total. The predicted molar refractivity (Wildman–Crippen MR) is 128 cm³/mol. The van der Waals surface area contributed by atoms with E-state index in [1.54, 1.807) is 37.3 Å². The molecule has 4 rings (SSSR count). The van der Waals surface area contributed by atoms with Gasteiger partial charge in [0.1, 0.15) is 28.8 Å². The summed E-state index contributed by atoms with van der Waals surface area (Å²) in [7, 11) is 0. The second-order valence-electron chi connectivity index (χ2n) is 8.38. The van der Waals surface area contributed by atoms with Crippen molar-refractivity contribution in [3.8, 4) is 11.5 Å². The number of aryl methyl sites for hydroxylation is 3. The van der Waals surface area contributed by atoms with Crippen LogP contribution in [0.3, 0.4) is 0 Å². The summed E-state index contributed by atoms with van der Waals surface area (Å²) in [5, 5.41) is 12.2. The SMILES string of the molecule is Cc1cc(Oc2cc(F)cc(CNC(=O)c3[nH]c4ccc(F)cc4c3C)c2)ccc1CCC(=O)O. The first kappa shape index (κ1) is 23.9. The molecule has 3 aromatic carbocycles. The summed E-state index contributed by atoms with van der Waals surface area (Å²) in [6, 6.07) is 13.7. The maximum Gasteiger partial charge on any atom is 0.303 e. The highest BCUT2D eigenvalue weighted by atomic mass is 19.1. The van der Waals surface area contributed by atoms with E-state index in [-0.39, 0.29) is 24.5 Å². The number of nitrogens with one attached hydrogen (secondary N) is 2. The number of rotatable bonds is 8. The Morgan fingerprint density at radius 3 is 2.51 bits per heavy atom. The van der Waals surface area contributed by atoms with Crippen molar-refractivity contribution in [1.82, 2.24) is 10.3 Å². The molecule has 0 aliphatic rings. The van der Waals surface area contributed by atoms with Crippen LogP contribution < -0.4 is 10.1 Å². The van der Waals surface area contributed by atoms with E-state index < -0.39 is 17.7 Å². The van der Waals surface area contributed by atoms with Gasteiger partial charge in [0.2, 0.25) is 0 Å². The minimum atomic E-state index is -0.863. The highest BCUT2D eigenvalue weighted by Crippen LogP contribution is 2.27. The zero-order chi connectivity index (χ0) is 25.1. The average Bonchev–Trinajstić information content (AvgIpc) is 3.12. The molecule has 0 fully saturated rings. The van der Waals surface area contributed by atoms with Crippen LogP contribution in [0.2, 0.25) is 0 Å². The van der Waals surface area contributed by atoms with Crippen LogP contribution in [-0.4, -0.2) is 22.0 Å². The number of aromatic nitrogens is 1. The number of carbonyl (C=O) groups excluding carboxylic acids is 1. The van der Waals surface area contributed by atoms with E-state index in [2.05, 4.69) is 10.3 Å². The van der Waals surface area contributed by atoms with Crippen molar-refractivity contribution >= 4 is 22.8 Å². The highest BCUT2D eigenvalue weighted by Gasteiger charge is 2.15. The second-order valence-corrected chi connectivity index (χ2v) is 8.38. The number of hydrogen-bond acceptors (Lipinski definition) is 3. The van der Waals surface area contributed by atoms with Crippen molar-refractivity contribution < 1.29 is 28.2 Å². The maximum absolute atomic E-state index is 14.2. The summed E-state index contributed by atoms with van der Waals surface area (Å²) in [6.07, 6.45) is 0.449. The first-order chi connectivity index (χ1) is 16.7. The van der Waals surface area contributed by atoms with Gasteiger partial charge in [0.05, 0.1) is 0 Å². The monoisotopic (exact) mass is 478 g/mol. The highest BCUT2D eigenvalue weighted by molar-refractivity contribution is 6.00. The van der Waals surface area contributed by atoms with Crippen molar-refractivity contribution in [2.24, 2.45) is 0 Å². The lowest BCUT2D eigenvalue weighted by molar-refractivity contribution is -0.136. The molecule has 0 atom stereocenters. The largest absolute Gasteiger partial charge is 0.481 e. The molecule has 4 aromatic rings. The summed E-state index contributed by atoms with van der Waals surface area (Å²) in [5.41, 5.74) is 3.88. The Balaban J connectivity index is 1.45. The third-order valence-corrected chi connectivity index (χ3v) is 5.79. The maximum atomic E-state index is 14.2. The molecule has 0 radical (unpaired) electrons. The van der Waals surface area contributed by atoms with E-state index in [0.717, 1.165) is 11.1 Å². The van der Waals surface area contributed by atoms with Crippen molar-refractivity contribution in [2.45, 2.75) is 33.2 Å². The number of carboxylic acids is 1. The Kier molecular flexibility index (Phi) is 6.82. The van der Waals surface area contributed by atoms with Crippen molar-refractivity contribution in [1.29, 1.82) is 0 Å². The smallest absolute Gasteiger partial charge is 0.303 e. The van der Waals surface area contributed by atoms with E-state index in [1.165, 1.54) is 24.3 Å². The number of halogens is 2. The molecule has 35 heavy (non-hydrogen) atoms. The standard InChI is InChI=1S/C27H24F2N2O4/c1-15-9-21(6-3-18(15)4-8-25(32)33)35-22-11-17(10-20(29)12-22)14-30-27(34)26-16(2)23-13-19(28)5-7-24(23)31-26/h3,5-7,9-13,31H,4,8,14H2,1-2H3,(H,30,34)(H,32,33). The van der Waals surface area contributed by atoms with Crippen LogP contribution in [0, 0.1) is 25.5 Å². The van der Waals surface area contributed by atoms with Crippen LogP contribution in [-0.2, 0) is 17.8 Å². The van der Waals surface area contributed by atoms with Crippen LogP contribution in [0.25, 0.3) is 10.9 Å². The summed E-state index contributed by atoms with van der Waals surface area (Å²) >= 11 is 0. The zero-order valence-electron chi connectivity index (χ0n) is 19.2. The van der Waals surface area contributed by atoms with Gasteiger partial charge in [-0.3, -0.25) is 9.59 Å². The number of hydrogen-bond donors (Lipinski definition) is 3. The van der Waals surface area contributed by atoms with Crippen LogP contribution in [0.5, 0.6) is 11.5 Å². The van der Waals surface area contributed by atoms with E-state index >= 15 is 0 Å². The van der Waals surface area contributed by atoms with Crippen molar-refractivity contribution in [3.63, 3.8) is 0 Å². The molecule has 1 aromatic heterocycles. The topological polar surface area (TPSA) is 91.4 Å². The predicted octanol–water partition coefficient (Wildman–Crippen LogP) is 5.80. The lowest BCUT2D eigenvalue weighted by atomic mass is 10.0. The van der Waals surface area contributed by atoms with Crippen LogP contribution in [0.15, 0.2) is 54.6 Å². The quantitative estimate of drug-likeness (QED) is 0.298. The zero-order valence-corrected chi connectivity index (χ0v) is 19.2. The number of carbonyl (C=O) groups is 2. The number of aliphatic carboxylic acids is 1. The van der Waals surface area contributed by atoms with Gasteiger partial charge < -0.3 is 20.1 Å². The van der Waals surface area contributed by atoms with Gasteiger partial charge in [0, 0.05) is 29.9 Å². The summed E-state index contributed by atoms with van der Waals surface area (Å²) in [5.74, 6) is -1.40. The summed E-state index contributed by atoms with van der Waals surface area (Å²) < 4.78 is 33.6. The van der Waals surface area contributed by atoms with Crippen molar-refractivity contribution in [2.75, 3.05) is 0 Å². The van der Waals surface area contributed by atoms with Gasteiger partial charge in [-0.05, 0) is 85.0 Å². The van der Waals surface area contributed by atoms with Crippen LogP contribution in [0.1, 0.15) is 39.2 Å². The molecule has 0 bridgehead atoms. The number of fused-ring (bicyclic) bond motifs is 1. The Labute approximate surface area is 200 Å². The summed E-state index contributed by atoms with van der Waals surface area (Å²) in [4.78, 5) is 26.5. The molecule has 0 unspecified atom stereocenters. The Hall–Kier alpha value is -4.20.